The van der Waals surface area contributed by atoms with Gasteiger partial charge in [0.1, 0.15) is 11.1 Å². The lowest BCUT2D eigenvalue weighted by Crippen LogP contribution is -2.47. The van der Waals surface area contributed by atoms with Crippen LogP contribution in [-0.2, 0) is 19.5 Å². The lowest BCUT2D eigenvalue weighted by atomic mass is 10.1. The van der Waals surface area contributed by atoms with Crippen molar-refractivity contribution < 1.29 is 22.6 Å². The maximum Gasteiger partial charge on any atom is 0.343 e. The number of nitrogens with one attached hydrogen (secondary N) is 1. The Balaban J connectivity index is 1.67. The number of nitrogens with zero attached hydrogens (tertiary/aromatic N) is 5. The number of fused-ring (bicyclic) bond motifs is 1. The van der Waals surface area contributed by atoms with Crippen molar-refractivity contribution in [1.82, 2.24) is 9.97 Å². The summed E-state index contributed by atoms with van der Waals surface area (Å²) in [5.41, 5.74) is 1.57. The lowest BCUT2D eigenvalue weighted by Gasteiger charge is -2.36. The first kappa shape index (κ1) is 24.5. The molecule has 0 amide bonds. The molecule has 0 spiro atoms. The fourth-order valence-electron chi connectivity index (χ4n) is 4.67. The van der Waals surface area contributed by atoms with Gasteiger partial charge in [0.2, 0.25) is 10.0 Å². The van der Waals surface area contributed by atoms with E-state index in [1.54, 1.807) is 30.3 Å². The van der Waals surface area contributed by atoms with E-state index < -0.39 is 10.0 Å². The molecule has 0 unspecified atom stereocenters. The molecule has 2 atom stereocenters. The zero-order valence-corrected chi connectivity index (χ0v) is 21.4. The Kier molecular flexibility index (Phi) is 6.58. The number of morpholine rings is 2. The SMILES string of the molecule is C[C@H]1COCCN1c1nc(N2CCOC[C@@H]2C)c2ccc(-c3cccc(NS(C)(=O)=O)c3)[n+]([O-])c2n1. The summed E-state index contributed by atoms with van der Waals surface area (Å²) in [6.07, 6.45) is 1.09. The van der Waals surface area contributed by atoms with Crippen molar-refractivity contribution in [2.75, 3.05) is 60.3 Å². The molecule has 0 aliphatic carbocycles. The molecule has 5 rings (SSSR count). The molecule has 12 heteroatoms. The van der Waals surface area contributed by atoms with E-state index in [9.17, 15) is 13.6 Å². The molecule has 2 aromatic heterocycles. The zero-order valence-electron chi connectivity index (χ0n) is 20.5. The Bertz CT molecular complexity index is 1380. The molecule has 1 aromatic carbocycles. The summed E-state index contributed by atoms with van der Waals surface area (Å²) >= 11 is 0. The van der Waals surface area contributed by atoms with E-state index in [0.29, 0.717) is 73.6 Å². The fraction of sp³-hybridized carbons (Fsp3) is 0.458. The van der Waals surface area contributed by atoms with Crippen molar-refractivity contribution in [3.63, 3.8) is 0 Å². The van der Waals surface area contributed by atoms with Gasteiger partial charge >= 0.3 is 11.6 Å². The predicted octanol–water partition coefficient (Wildman–Crippen LogP) is 1.75. The van der Waals surface area contributed by atoms with E-state index in [-0.39, 0.29) is 17.7 Å². The van der Waals surface area contributed by atoms with Gasteiger partial charge in [-0.25, -0.2) is 13.1 Å². The summed E-state index contributed by atoms with van der Waals surface area (Å²) in [7, 11) is -3.45. The number of aromatic nitrogens is 3. The summed E-state index contributed by atoms with van der Waals surface area (Å²) in [5, 5.41) is 14.4. The molecule has 0 bridgehead atoms. The molecule has 2 fully saturated rings. The number of ether oxygens (including phenoxy) is 2. The minimum absolute atomic E-state index is 0.0631. The van der Waals surface area contributed by atoms with Gasteiger partial charge in [-0.15, -0.1) is 0 Å². The average molecular weight is 515 g/mol. The van der Waals surface area contributed by atoms with Crippen LogP contribution in [0.15, 0.2) is 36.4 Å². The Morgan fingerprint density at radius 1 is 1.03 bits per heavy atom. The van der Waals surface area contributed by atoms with Gasteiger partial charge in [0.25, 0.3) is 0 Å². The molecule has 3 aromatic rings. The van der Waals surface area contributed by atoms with Crippen LogP contribution in [-0.4, -0.2) is 76.2 Å². The van der Waals surface area contributed by atoms with Crippen LogP contribution in [0, 0.1) is 5.21 Å². The third-order valence-electron chi connectivity index (χ3n) is 6.44. The first-order valence-corrected chi connectivity index (χ1v) is 13.8. The minimum atomic E-state index is -3.45. The van der Waals surface area contributed by atoms with Crippen LogP contribution in [0.2, 0.25) is 0 Å². The number of hydrogen-bond acceptors (Lipinski definition) is 9. The van der Waals surface area contributed by atoms with Crippen molar-refractivity contribution in [3.8, 4) is 11.3 Å². The van der Waals surface area contributed by atoms with Crippen molar-refractivity contribution in [1.29, 1.82) is 0 Å². The van der Waals surface area contributed by atoms with E-state index in [2.05, 4.69) is 21.4 Å². The standard InChI is InChI=1S/C24H30N6O5S/c1-16-14-34-11-9-28(16)22-20-7-8-21(18-5-4-6-19(13-18)27-36(3,32)33)30(31)23(20)26-24(25-22)29-10-12-35-15-17(29)2/h4-8,13,16-17,27H,9-12,14-15H2,1-3H3/t16-,17-/m0/s1. The molecular weight excluding hydrogens is 484 g/mol. The summed E-state index contributed by atoms with van der Waals surface area (Å²) in [4.78, 5) is 13.9. The second-order valence-electron chi connectivity index (χ2n) is 9.29. The van der Waals surface area contributed by atoms with Gasteiger partial charge in [-0.3, -0.25) is 4.72 Å². The Morgan fingerprint density at radius 2 is 1.72 bits per heavy atom. The second-order valence-corrected chi connectivity index (χ2v) is 11.0. The molecule has 11 nitrogen and oxygen atoms in total. The van der Waals surface area contributed by atoms with Gasteiger partial charge < -0.3 is 24.5 Å². The normalized spacial score (nSPS) is 21.1. The third kappa shape index (κ3) is 4.88. The van der Waals surface area contributed by atoms with E-state index in [0.717, 1.165) is 11.0 Å². The average Bonchev–Trinajstić information content (AvgIpc) is 2.84. The third-order valence-corrected chi connectivity index (χ3v) is 7.04. The van der Waals surface area contributed by atoms with Crippen LogP contribution in [0.25, 0.3) is 22.3 Å². The van der Waals surface area contributed by atoms with Gasteiger partial charge in [-0.1, -0.05) is 12.1 Å². The quantitative estimate of drug-likeness (QED) is 0.401. The number of sulfonamides is 1. The summed E-state index contributed by atoms with van der Waals surface area (Å²) < 4.78 is 37.9. The largest absolute Gasteiger partial charge is 0.710 e. The van der Waals surface area contributed by atoms with Crippen LogP contribution in [0.4, 0.5) is 17.5 Å². The molecular formula is C24H30N6O5S. The molecule has 192 valence electrons. The molecule has 1 N–H and O–H groups in total. The fourth-order valence-corrected chi connectivity index (χ4v) is 5.22. The highest BCUT2D eigenvalue weighted by molar-refractivity contribution is 7.92. The lowest BCUT2D eigenvalue weighted by molar-refractivity contribution is -0.567. The van der Waals surface area contributed by atoms with Crippen molar-refractivity contribution >= 4 is 38.5 Å². The van der Waals surface area contributed by atoms with Crippen molar-refractivity contribution in [2.24, 2.45) is 0 Å². The molecule has 2 aliphatic rings. The predicted molar refractivity (Wildman–Crippen MR) is 138 cm³/mol. The van der Waals surface area contributed by atoms with Gasteiger partial charge in [0.05, 0.1) is 44.8 Å². The number of benzene rings is 1. The van der Waals surface area contributed by atoms with E-state index >= 15 is 0 Å². The highest BCUT2D eigenvalue weighted by atomic mass is 32.2. The molecule has 2 aliphatic heterocycles. The first-order chi connectivity index (χ1) is 17.2. The van der Waals surface area contributed by atoms with Crippen LogP contribution < -0.4 is 19.3 Å². The second kappa shape index (κ2) is 9.68. The van der Waals surface area contributed by atoms with Crippen LogP contribution >= 0.6 is 0 Å². The highest BCUT2D eigenvalue weighted by Crippen LogP contribution is 2.31. The Labute approximate surface area is 210 Å². The van der Waals surface area contributed by atoms with Gasteiger partial charge in [0.15, 0.2) is 5.82 Å². The molecule has 36 heavy (non-hydrogen) atoms. The van der Waals surface area contributed by atoms with Crippen LogP contribution in [0.3, 0.4) is 0 Å². The number of rotatable bonds is 5. The molecule has 0 saturated carbocycles. The van der Waals surface area contributed by atoms with Crippen molar-refractivity contribution in [3.05, 3.63) is 41.6 Å². The van der Waals surface area contributed by atoms with Gasteiger partial charge in [-0.05, 0) is 43.1 Å². The summed E-state index contributed by atoms with van der Waals surface area (Å²) in [6.45, 7) is 7.68. The molecule has 0 radical (unpaired) electrons. The van der Waals surface area contributed by atoms with Crippen LogP contribution in [0.5, 0.6) is 0 Å². The van der Waals surface area contributed by atoms with E-state index in [1.165, 1.54) is 0 Å². The topological polar surface area (TPSA) is 124 Å². The summed E-state index contributed by atoms with van der Waals surface area (Å²) in [6, 6.07) is 10.5. The van der Waals surface area contributed by atoms with E-state index in [1.807, 2.05) is 13.0 Å². The Hall–Kier alpha value is -3.22. The van der Waals surface area contributed by atoms with Crippen LogP contribution in [0.1, 0.15) is 13.8 Å². The van der Waals surface area contributed by atoms with Gasteiger partial charge in [-0.2, -0.15) is 4.98 Å². The zero-order chi connectivity index (χ0) is 25.4. The molecule has 4 heterocycles. The number of hydrogen-bond donors (Lipinski definition) is 1. The highest BCUT2D eigenvalue weighted by Gasteiger charge is 2.31. The monoisotopic (exact) mass is 514 g/mol. The van der Waals surface area contributed by atoms with Gasteiger partial charge in [0, 0.05) is 24.3 Å². The van der Waals surface area contributed by atoms with E-state index in [4.69, 9.17) is 19.4 Å². The smallest absolute Gasteiger partial charge is 0.343 e. The maximum absolute atomic E-state index is 13.8. The maximum atomic E-state index is 13.8. The van der Waals surface area contributed by atoms with Crippen molar-refractivity contribution in [2.45, 2.75) is 25.9 Å². The minimum Gasteiger partial charge on any atom is -0.710 e. The molecule has 2 saturated heterocycles. The Morgan fingerprint density at radius 3 is 2.39 bits per heavy atom. The number of pyridine rings is 1. The summed E-state index contributed by atoms with van der Waals surface area (Å²) in [5.74, 6) is 1.19. The number of anilines is 3. The first-order valence-electron chi connectivity index (χ1n) is 11.9.